The Morgan fingerprint density at radius 3 is 2.04 bits per heavy atom. The fourth-order valence-corrected chi connectivity index (χ4v) is 9.11. The lowest BCUT2D eigenvalue weighted by atomic mass is 10.0. The fourth-order valence-electron chi connectivity index (χ4n) is 7.84. The summed E-state index contributed by atoms with van der Waals surface area (Å²) in [7, 11) is 0. The molecule has 3 heterocycles. The standard InChI is InChI=1S/C46H27NO2S/c1-2-11-30(12-3-1)47(31-23-20-29(21-24-31)33-15-8-16-35-34-14-6-7-18-38(34)49-45(33)35)37-17-9-19-39-43(37)44-40(48-39)26-25-36-42-32-13-5-4-10-28(32)22-27-41(42)50-46(36)44/h1-27H. The average Bonchev–Trinajstić information content (AvgIpc) is 3.87. The highest BCUT2D eigenvalue weighted by molar-refractivity contribution is 7.27. The monoisotopic (exact) mass is 657 g/mol. The van der Waals surface area contributed by atoms with Crippen molar-refractivity contribution in [1.82, 2.24) is 0 Å². The third kappa shape index (κ3) is 3.97. The zero-order chi connectivity index (χ0) is 32.8. The average molecular weight is 658 g/mol. The molecule has 0 radical (unpaired) electrons. The highest BCUT2D eigenvalue weighted by atomic mass is 32.1. The first-order valence-corrected chi connectivity index (χ1v) is 17.7. The number of benzene rings is 8. The molecule has 3 aromatic heterocycles. The van der Waals surface area contributed by atoms with Gasteiger partial charge in [-0.3, -0.25) is 0 Å². The second kappa shape index (κ2) is 10.6. The van der Waals surface area contributed by atoms with Crippen molar-refractivity contribution < 1.29 is 8.83 Å². The second-order valence-corrected chi connectivity index (χ2v) is 13.9. The summed E-state index contributed by atoms with van der Waals surface area (Å²) >= 11 is 1.85. The Bertz CT molecular complexity index is 3090. The Kier molecular flexibility index (Phi) is 5.83. The van der Waals surface area contributed by atoms with Gasteiger partial charge in [0.25, 0.3) is 0 Å². The van der Waals surface area contributed by atoms with Crippen LogP contribution in [-0.4, -0.2) is 0 Å². The molecule has 0 N–H and O–H groups in total. The minimum atomic E-state index is 0.876. The number of hydrogen-bond donors (Lipinski definition) is 0. The molecule has 0 fully saturated rings. The van der Waals surface area contributed by atoms with E-state index in [9.17, 15) is 0 Å². The van der Waals surface area contributed by atoms with E-state index >= 15 is 0 Å². The number of nitrogens with zero attached hydrogens (tertiary/aromatic N) is 1. The molecule has 11 rings (SSSR count). The van der Waals surface area contributed by atoms with Crippen LogP contribution in [0.15, 0.2) is 173 Å². The molecule has 234 valence electrons. The van der Waals surface area contributed by atoms with Crippen molar-refractivity contribution in [2.75, 3.05) is 4.90 Å². The van der Waals surface area contributed by atoms with E-state index in [1.165, 1.54) is 30.9 Å². The largest absolute Gasteiger partial charge is 0.456 e. The number of para-hydroxylation sites is 3. The normalized spacial score (nSPS) is 12.0. The summed E-state index contributed by atoms with van der Waals surface area (Å²) in [6.45, 7) is 0. The quantitative estimate of drug-likeness (QED) is 0.189. The minimum absolute atomic E-state index is 0.876. The summed E-state index contributed by atoms with van der Waals surface area (Å²) in [5.74, 6) is 0. The predicted octanol–water partition coefficient (Wildman–Crippen LogP) is 14.1. The molecule has 0 aliphatic carbocycles. The molecule has 0 unspecified atom stereocenters. The van der Waals surface area contributed by atoms with Crippen LogP contribution in [0.25, 0.3) is 85.9 Å². The first-order chi connectivity index (χ1) is 24.8. The lowest BCUT2D eigenvalue weighted by Gasteiger charge is -2.26. The Morgan fingerprint density at radius 2 is 1.14 bits per heavy atom. The van der Waals surface area contributed by atoms with Crippen molar-refractivity contribution in [3.05, 3.63) is 164 Å². The SMILES string of the molecule is c1ccc(N(c2ccc(-c3cccc4c3oc3ccccc34)cc2)c2cccc3oc4ccc5c(sc6ccc7ccccc7c65)c4c23)cc1. The number of rotatable bonds is 4. The van der Waals surface area contributed by atoms with Crippen LogP contribution in [0.5, 0.6) is 0 Å². The Morgan fingerprint density at radius 1 is 0.420 bits per heavy atom. The smallest absolute Gasteiger partial charge is 0.143 e. The summed E-state index contributed by atoms with van der Waals surface area (Å²) in [4.78, 5) is 2.35. The Labute approximate surface area is 290 Å². The first-order valence-electron chi connectivity index (χ1n) is 16.8. The second-order valence-electron chi connectivity index (χ2n) is 12.8. The van der Waals surface area contributed by atoms with Gasteiger partial charge in [-0.25, -0.2) is 0 Å². The van der Waals surface area contributed by atoms with E-state index in [1.54, 1.807) is 0 Å². The summed E-state index contributed by atoms with van der Waals surface area (Å²) in [5, 5.41) is 9.66. The van der Waals surface area contributed by atoms with E-state index in [1.807, 2.05) is 23.5 Å². The number of hydrogen-bond acceptors (Lipinski definition) is 4. The van der Waals surface area contributed by atoms with Crippen molar-refractivity contribution >= 4 is 103 Å². The van der Waals surface area contributed by atoms with Crippen LogP contribution in [0.1, 0.15) is 0 Å². The van der Waals surface area contributed by atoms with Crippen molar-refractivity contribution in [2.45, 2.75) is 0 Å². The maximum atomic E-state index is 6.62. The number of anilines is 3. The van der Waals surface area contributed by atoms with Crippen LogP contribution in [-0.2, 0) is 0 Å². The Hall–Kier alpha value is -6.36. The molecule has 50 heavy (non-hydrogen) atoms. The highest BCUT2D eigenvalue weighted by Gasteiger charge is 2.22. The molecule has 0 aliphatic rings. The fraction of sp³-hybridized carbons (Fsp3) is 0. The van der Waals surface area contributed by atoms with Crippen LogP contribution >= 0.6 is 11.3 Å². The Balaban J connectivity index is 1.13. The van der Waals surface area contributed by atoms with Crippen LogP contribution < -0.4 is 4.90 Å². The lowest BCUT2D eigenvalue weighted by molar-refractivity contribution is 0.669. The molecule has 0 saturated carbocycles. The van der Waals surface area contributed by atoms with Gasteiger partial charge in [-0.1, -0.05) is 103 Å². The molecule has 0 aliphatic heterocycles. The van der Waals surface area contributed by atoms with Crippen LogP contribution in [0, 0.1) is 0 Å². The molecule has 4 heteroatoms. The molecule has 0 atom stereocenters. The van der Waals surface area contributed by atoms with E-state index in [4.69, 9.17) is 8.83 Å². The van der Waals surface area contributed by atoms with Gasteiger partial charge < -0.3 is 13.7 Å². The van der Waals surface area contributed by atoms with Crippen LogP contribution in [0.4, 0.5) is 17.1 Å². The van der Waals surface area contributed by atoms with E-state index in [2.05, 4.69) is 157 Å². The van der Waals surface area contributed by atoms with E-state index in [-0.39, 0.29) is 0 Å². The maximum absolute atomic E-state index is 6.62. The van der Waals surface area contributed by atoms with Gasteiger partial charge in [-0.2, -0.15) is 0 Å². The van der Waals surface area contributed by atoms with Gasteiger partial charge >= 0.3 is 0 Å². The number of furan rings is 2. The molecule has 0 bridgehead atoms. The van der Waals surface area contributed by atoms with Crippen molar-refractivity contribution in [1.29, 1.82) is 0 Å². The van der Waals surface area contributed by atoms with E-state index < -0.39 is 0 Å². The number of fused-ring (bicyclic) bond motifs is 12. The van der Waals surface area contributed by atoms with Gasteiger partial charge in [-0.15, -0.1) is 11.3 Å². The number of thiophene rings is 1. The molecule has 8 aromatic carbocycles. The zero-order valence-electron chi connectivity index (χ0n) is 26.8. The van der Waals surface area contributed by atoms with Gasteiger partial charge in [0.05, 0.1) is 11.1 Å². The molecule has 0 amide bonds. The molecule has 3 nitrogen and oxygen atoms in total. The van der Waals surface area contributed by atoms with Crippen LogP contribution in [0.3, 0.4) is 0 Å². The first kappa shape index (κ1) is 27.6. The maximum Gasteiger partial charge on any atom is 0.143 e. The summed E-state index contributed by atoms with van der Waals surface area (Å²) in [6, 6.07) is 58.1. The predicted molar refractivity (Wildman–Crippen MR) is 212 cm³/mol. The van der Waals surface area contributed by atoms with Crippen molar-refractivity contribution in [3.63, 3.8) is 0 Å². The molecular weight excluding hydrogens is 631 g/mol. The molecular formula is C46H27NO2S. The van der Waals surface area contributed by atoms with Crippen molar-refractivity contribution in [3.8, 4) is 11.1 Å². The van der Waals surface area contributed by atoms with Gasteiger partial charge in [-0.05, 0) is 77.0 Å². The van der Waals surface area contributed by atoms with Gasteiger partial charge in [0, 0.05) is 53.3 Å². The van der Waals surface area contributed by atoms with Gasteiger partial charge in [0.15, 0.2) is 0 Å². The van der Waals surface area contributed by atoms with Crippen LogP contribution in [0.2, 0.25) is 0 Å². The summed E-state index contributed by atoms with van der Waals surface area (Å²) in [5.41, 5.74) is 9.01. The third-order valence-corrected chi connectivity index (χ3v) is 11.3. The minimum Gasteiger partial charge on any atom is -0.456 e. The molecule has 0 saturated heterocycles. The van der Waals surface area contributed by atoms with Crippen molar-refractivity contribution in [2.24, 2.45) is 0 Å². The third-order valence-electron chi connectivity index (χ3n) is 10.1. The van der Waals surface area contributed by atoms with Gasteiger partial charge in [0.1, 0.15) is 22.3 Å². The van der Waals surface area contributed by atoms with E-state index in [0.29, 0.717) is 0 Å². The summed E-state index contributed by atoms with van der Waals surface area (Å²) in [6.07, 6.45) is 0. The highest BCUT2D eigenvalue weighted by Crippen LogP contribution is 2.49. The lowest BCUT2D eigenvalue weighted by Crippen LogP contribution is -2.10. The molecule has 0 spiro atoms. The topological polar surface area (TPSA) is 29.5 Å². The molecule has 11 aromatic rings. The zero-order valence-corrected chi connectivity index (χ0v) is 27.6. The summed E-state index contributed by atoms with van der Waals surface area (Å²) < 4.78 is 15.6. The van der Waals surface area contributed by atoms with Gasteiger partial charge in [0.2, 0.25) is 0 Å². The van der Waals surface area contributed by atoms with E-state index in [0.717, 1.165) is 72.1 Å².